The molecule has 6 heteroatoms. The molecule has 0 saturated carbocycles. The van der Waals surface area contributed by atoms with Crippen LogP contribution in [0, 0.1) is 0 Å². The molecule has 25 heavy (non-hydrogen) atoms. The molecule has 2 aliphatic rings. The van der Waals surface area contributed by atoms with Gasteiger partial charge in [-0.05, 0) is 31.4 Å². The fraction of sp³-hybridized carbons (Fsp3) is 0.579. The van der Waals surface area contributed by atoms with Gasteiger partial charge in [-0.25, -0.2) is 0 Å². The van der Waals surface area contributed by atoms with Crippen molar-refractivity contribution >= 4 is 17.5 Å². The molecule has 0 unspecified atom stereocenters. The zero-order valence-electron chi connectivity index (χ0n) is 14.9. The van der Waals surface area contributed by atoms with E-state index in [-0.39, 0.29) is 30.1 Å². The number of carbonyl (C=O) groups is 2. The lowest BCUT2D eigenvalue weighted by Gasteiger charge is -2.39. The second kappa shape index (κ2) is 7.54. The van der Waals surface area contributed by atoms with Crippen LogP contribution in [-0.4, -0.2) is 61.8 Å². The third-order valence-corrected chi connectivity index (χ3v) is 5.22. The van der Waals surface area contributed by atoms with Crippen molar-refractivity contribution in [2.24, 2.45) is 0 Å². The summed E-state index contributed by atoms with van der Waals surface area (Å²) in [6.07, 6.45) is 2.42. The molecule has 3 rings (SSSR count). The van der Waals surface area contributed by atoms with E-state index >= 15 is 0 Å². The number of anilines is 1. The van der Waals surface area contributed by atoms with Gasteiger partial charge in [0.05, 0.1) is 18.2 Å². The first-order chi connectivity index (χ1) is 12.0. The molecule has 0 radical (unpaired) electrons. The van der Waals surface area contributed by atoms with Crippen molar-refractivity contribution in [1.82, 2.24) is 4.90 Å². The average molecular weight is 346 g/mol. The summed E-state index contributed by atoms with van der Waals surface area (Å²) in [4.78, 5) is 27.9. The van der Waals surface area contributed by atoms with Gasteiger partial charge in [0.1, 0.15) is 6.61 Å². The van der Waals surface area contributed by atoms with Crippen molar-refractivity contribution in [1.29, 1.82) is 0 Å². The molecule has 1 spiro atoms. The first-order valence-electron chi connectivity index (χ1n) is 8.80. The molecule has 136 valence electrons. The lowest BCUT2D eigenvalue weighted by Crippen LogP contribution is -2.48. The molecule has 2 aliphatic heterocycles. The summed E-state index contributed by atoms with van der Waals surface area (Å²) in [5, 5.41) is 0. The number of hydrogen-bond donors (Lipinski definition) is 0. The number of para-hydroxylation sites is 1. The van der Waals surface area contributed by atoms with E-state index in [1.165, 1.54) is 7.11 Å². The van der Waals surface area contributed by atoms with Crippen molar-refractivity contribution in [2.45, 2.75) is 37.8 Å². The SMILES string of the molecule is COCC(=O)N1CCC2(CC1)C[C@H](N(C(C)=O)c1ccccc1)CO2. The van der Waals surface area contributed by atoms with Gasteiger partial charge >= 0.3 is 0 Å². The maximum absolute atomic E-state index is 12.2. The zero-order valence-corrected chi connectivity index (χ0v) is 14.9. The molecule has 6 nitrogen and oxygen atoms in total. The molecule has 1 aromatic carbocycles. The van der Waals surface area contributed by atoms with E-state index in [1.54, 1.807) is 6.92 Å². The summed E-state index contributed by atoms with van der Waals surface area (Å²) in [5.74, 6) is 0.0612. The summed E-state index contributed by atoms with van der Waals surface area (Å²) in [5.41, 5.74) is 0.685. The fourth-order valence-corrected chi connectivity index (χ4v) is 3.95. The summed E-state index contributed by atoms with van der Waals surface area (Å²) < 4.78 is 11.1. The van der Waals surface area contributed by atoms with Gasteiger partial charge in [-0.15, -0.1) is 0 Å². The van der Waals surface area contributed by atoms with Crippen LogP contribution in [-0.2, 0) is 19.1 Å². The largest absolute Gasteiger partial charge is 0.375 e. The van der Waals surface area contributed by atoms with Crippen LogP contribution in [0.2, 0.25) is 0 Å². The highest BCUT2D eigenvalue weighted by atomic mass is 16.5. The Balaban J connectivity index is 1.65. The predicted molar refractivity (Wildman–Crippen MR) is 94.4 cm³/mol. The number of piperidine rings is 1. The van der Waals surface area contributed by atoms with Gasteiger partial charge < -0.3 is 19.3 Å². The van der Waals surface area contributed by atoms with Crippen molar-refractivity contribution in [3.05, 3.63) is 30.3 Å². The van der Waals surface area contributed by atoms with E-state index in [0.29, 0.717) is 19.7 Å². The molecule has 1 atom stereocenters. The first kappa shape index (κ1) is 17.9. The second-order valence-electron chi connectivity index (χ2n) is 6.89. The molecular formula is C19H26N2O4. The third-order valence-electron chi connectivity index (χ3n) is 5.22. The van der Waals surface area contributed by atoms with Gasteiger partial charge in [0, 0.05) is 32.8 Å². The van der Waals surface area contributed by atoms with E-state index in [0.717, 1.165) is 24.9 Å². The van der Waals surface area contributed by atoms with Crippen molar-refractivity contribution in [2.75, 3.05) is 38.3 Å². The molecule has 0 aliphatic carbocycles. The second-order valence-corrected chi connectivity index (χ2v) is 6.89. The van der Waals surface area contributed by atoms with E-state index in [4.69, 9.17) is 9.47 Å². The van der Waals surface area contributed by atoms with Crippen LogP contribution in [0.5, 0.6) is 0 Å². The Labute approximate surface area is 148 Å². The quantitative estimate of drug-likeness (QED) is 0.835. The minimum absolute atomic E-state index is 0.0292. The molecule has 2 heterocycles. The molecule has 2 fully saturated rings. The van der Waals surface area contributed by atoms with Gasteiger partial charge in [0.2, 0.25) is 11.8 Å². The van der Waals surface area contributed by atoms with Gasteiger partial charge in [0.25, 0.3) is 0 Å². The van der Waals surface area contributed by atoms with Gasteiger partial charge in [0.15, 0.2) is 0 Å². The Morgan fingerprint density at radius 1 is 1.28 bits per heavy atom. The third kappa shape index (κ3) is 3.85. The number of nitrogens with zero attached hydrogens (tertiary/aromatic N) is 2. The maximum atomic E-state index is 12.2. The molecule has 1 aromatic rings. The highest BCUT2D eigenvalue weighted by molar-refractivity contribution is 5.92. The normalized spacial score (nSPS) is 22.2. The van der Waals surface area contributed by atoms with Gasteiger partial charge in [-0.1, -0.05) is 18.2 Å². The number of ether oxygens (including phenoxy) is 2. The number of likely N-dealkylation sites (tertiary alicyclic amines) is 1. The monoisotopic (exact) mass is 346 g/mol. The van der Waals surface area contributed by atoms with Crippen LogP contribution < -0.4 is 4.90 Å². The standard InChI is InChI=1S/C19H26N2O4/c1-15(22)21(16-6-4-3-5-7-16)17-12-19(25-13-17)8-10-20(11-9-19)18(23)14-24-2/h3-7,17H,8-14H2,1-2H3/t17-/m0/s1. The van der Waals surface area contributed by atoms with Crippen LogP contribution in [0.25, 0.3) is 0 Å². The topological polar surface area (TPSA) is 59.1 Å². The van der Waals surface area contributed by atoms with Crippen LogP contribution in [0.1, 0.15) is 26.2 Å². The first-order valence-corrected chi connectivity index (χ1v) is 8.80. The number of amides is 2. The Morgan fingerprint density at radius 3 is 2.56 bits per heavy atom. The minimum Gasteiger partial charge on any atom is -0.375 e. The molecule has 0 N–H and O–H groups in total. The Bertz CT molecular complexity index is 611. The van der Waals surface area contributed by atoms with Crippen LogP contribution in [0.15, 0.2) is 30.3 Å². The number of hydrogen-bond acceptors (Lipinski definition) is 4. The Kier molecular flexibility index (Phi) is 5.39. The van der Waals surface area contributed by atoms with Crippen LogP contribution in [0.3, 0.4) is 0 Å². The summed E-state index contributed by atoms with van der Waals surface area (Å²) in [6.45, 7) is 3.63. The summed E-state index contributed by atoms with van der Waals surface area (Å²) >= 11 is 0. The summed E-state index contributed by atoms with van der Waals surface area (Å²) in [6, 6.07) is 9.78. The van der Waals surface area contributed by atoms with Crippen LogP contribution in [0.4, 0.5) is 5.69 Å². The van der Waals surface area contributed by atoms with E-state index < -0.39 is 0 Å². The van der Waals surface area contributed by atoms with E-state index in [9.17, 15) is 9.59 Å². The highest BCUT2D eigenvalue weighted by Crippen LogP contribution is 2.38. The molecular weight excluding hydrogens is 320 g/mol. The Morgan fingerprint density at radius 2 is 1.96 bits per heavy atom. The molecule has 0 bridgehead atoms. The smallest absolute Gasteiger partial charge is 0.248 e. The van der Waals surface area contributed by atoms with Gasteiger partial charge in [-0.3, -0.25) is 9.59 Å². The molecule has 2 amide bonds. The molecule has 0 aromatic heterocycles. The Hall–Kier alpha value is -1.92. The zero-order chi connectivity index (χ0) is 17.9. The highest BCUT2D eigenvalue weighted by Gasteiger charge is 2.45. The fourth-order valence-electron chi connectivity index (χ4n) is 3.95. The van der Waals surface area contributed by atoms with Crippen LogP contribution >= 0.6 is 0 Å². The minimum atomic E-state index is -0.225. The average Bonchev–Trinajstić information content (AvgIpc) is 2.99. The van der Waals surface area contributed by atoms with E-state index in [1.807, 2.05) is 40.1 Å². The van der Waals surface area contributed by atoms with Crippen molar-refractivity contribution in [3.63, 3.8) is 0 Å². The van der Waals surface area contributed by atoms with Crippen molar-refractivity contribution < 1.29 is 19.1 Å². The number of rotatable bonds is 4. The lowest BCUT2D eigenvalue weighted by molar-refractivity contribution is -0.139. The summed E-state index contributed by atoms with van der Waals surface area (Å²) in [7, 11) is 1.54. The van der Waals surface area contributed by atoms with Gasteiger partial charge in [-0.2, -0.15) is 0 Å². The molecule has 2 saturated heterocycles. The number of methoxy groups -OCH3 is 1. The predicted octanol–water partition coefficient (Wildman–Crippen LogP) is 1.84. The number of carbonyl (C=O) groups excluding carboxylic acids is 2. The van der Waals surface area contributed by atoms with Crippen molar-refractivity contribution in [3.8, 4) is 0 Å². The maximum Gasteiger partial charge on any atom is 0.248 e. The van der Waals surface area contributed by atoms with E-state index in [2.05, 4.69) is 0 Å². The lowest BCUT2D eigenvalue weighted by atomic mass is 9.87. The number of benzene rings is 1.